The maximum Gasteiger partial charge on any atom is 0.0682 e. The Hall–Kier alpha value is -0.290. The zero-order valence-corrected chi connectivity index (χ0v) is 13.3. The Labute approximate surface area is 124 Å². The molecule has 2 aromatic rings. The molecule has 0 radical (unpaired) electrons. The van der Waals surface area contributed by atoms with E-state index in [1.54, 1.807) is 23.1 Å². The Balaban J connectivity index is 1.81. The predicted molar refractivity (Wildman–Crippen MR) is 83.6 cm³/mol. The number of hydrogen-bond acceptors (Lipinski definition) is 3. The van der Waals surface area contributed by atoms with Crippen molar-refractivity contribution in [3.63, 3.8) is 0 Å². The molecule has 1 unspecified atom stereocenters. The van der Waals surface area contributed by atoms with Crippen LogP contribution in [0.2, 0.25) is 0 Å². The summed E-state index contributed by atoms with van der Waals surface area (Å²) in [5, 5.41) is 12.0. The number of aryl methyl sites for hydroxylation is 1. The summed E-state index contributed by atoms with van der Waals surface area (Å²) in [5.74, 6) is 0.735. The van der Waals surface area contributed by atoms with E-state index in [4.69, 9.17) is 0 Å². The molecule has 1 heterocycles. The fraction of sp³-hybridized carbons (Fsp3) is 0.286. The van der Waals surface area contributed by atoms with Gasteiger partial charge in [0.15, 0.2) is 0 Å². The maximum atomic E-state index is 10.00. The van der Waals surface area contributed by atoms with Gasteiger partial charge in [0.2, 0.25) is 0 Å². The number of aliphatic hydroxyl groups is 1. The third-order valence-corrected chi connectivity index (χ3v) is 5.40. The molecule has 0 saturated carbocycles. The first kappa shape index (κ1) is 14.1. The highest BCUT2D eigenvalue weighted by Crippen LogP contribution is 2.24. The molecule has 18 heavy (non-hydrogen) atoms. The predicted octanol–water partition coefficient (Wildman–Crippen LogP) is 4.51. The summed E-state index contributed by atoms with van der Waals surface area (Å²) in [6.45, 7) is 2.08. The van der Waals surface area contributed by atoms with Gasteiger partial charge in [-0.1, -0.05) is 17.7 Å². The number of aliphatic hydroxyl groups excluding tert-OH is 1. The van der Waals surface area contributed by atoms with Crippen LogP contribution in [0.4, 0.5) is 0 Å². The fourth-order valence-corrected chi connectivity index (χ4v) is 3.93. The van der Waals surface area contributed by atoms with Gasteiger partial charge in [-0.25, -0.2) is 0 Å². The Morgan fingerprint density at radius 3 is 2.67 bits per heavy atom. The van der Waals surface area contributed by atoms with E-state index in [1.807, 2.05) is 0 Å². The lowest BCUT2D eigenvalue weighted by atomic mass is 10.2. The Morgan fingerprint density at radius 1 is 1.33 bits per heavy atom. The van der Waals surface area contributed by atoms with Gasteiger partial charge in [-0.05, 0) is 41.1 Å². The van der Waals surface area contributed by atoms with Crippen LogP contribution in [-0.2, 0) is 6.42 Å². The van der Waals surface area contributed by atoms with Crippen LogP contribution in [0.1, 0.15) is 10.4 Å². The van der Waals surface area contributed by atoms with Crippen LogP contribution in [0, 0.1) is 6.92 Å². The average molecular weight is 343 g/mol. The normalized spacial score (nSPS) is 12.6. The molecule has 2 rings (SSSR count). The highest BCUT2D eigenvalue weighted by atomic mass is 79.9. The molecule has 0 amide bonds. The molecule has 0 saturated heterocycles. The van der Waals surface area contributed by atoms with E-state index < -0.39 is 0 Å². The fourth-order valence-electron chi connectivity index (χ4n) is 1.58. The zero-order chi connectivity index (χ0) is 13.0. The van der Waals surface area contributed by atoms with E-state index in [9.17, 15) is 5.11 Å². The van der Waals surface area contributed by atoms with Crippen LogP contribution >= 0.6 is 39.0 Å². The van der Waals surface area contributed by atoms with Crippen molar-refractivity contribution < 1.29 is 5.11 Å². The lowest BCUT2D eigenvalue weighted by Gasteiger charge is -2.09. The van der Waals surface area contributed by atoms with Gasteiger partial charge in [0.05, 0.1) is 6.10 Å². The minimum Gasteiger partial charge on any atom is -0.392 e. The van der Waals surface area contributed by atoms with Crippen LogP contribution in [-0.4, -0.2) is 17.0 Å². The van der Waals surface area contributed by atoms with Crippen molar-refractivity contribution >= 4 is 39.0 Å². The third-order valence-electron chi connectivity index (χ3n) is 2.52. The molecular weight excluding hydrogens is 328 g/mol. The number of benzene rings is 1. The van der Waals surface area contributed by atoms with Crippen molar-refractivity contribution in [2.24, 2.45) is 0 Å². The summed E-state index contributed by atoms with van der Waals surface area (Å²) in [6.07, 6.45) is 0.441. The number of rotatable bonds is 5. The van der Waals surface area contributed by atoms with Gasteiger partial charge in [-0.3, -0.25) is 0 Å². The van der Waals surface area contributed by atoms with Crippen LogP contribution in [0.5, 0.6) is 0 Å². The van der Waals surface area contributed by atoms with Crippen molar-refractivity contribution in [1.82, 2.24) is 0 Å². The summed E-state index contributed by atoms with van der Waals surface area (Å²) in [4.78, 5) is 2.44. The highest BCUT2D eigenvalue weighted by molar-refractivity contribution is 9.10. The SMILES string of the molecule is Cc1ccc(SCC(O)Cc2cc(Br)cs2)cc1. The lowest BCUT2D eigenvalue weighted by Crippen LogP contribution is -2.12. The van der Waals surface area contributed by atoms with Crippen molar-refractivity contribution in [3.8, 4) is 0 Å². The maximum absolute atomic E-state index is 10.00. The number of thiophene rings is 1. The Morgan fingerprint density at radius 2 is 2.06 bits per heavy atom. The summed E-state index contributed by atoms with van der Waals surface area (Å²) < 4.78 is 1.10. The monoisotopic (exact) mass is 342 g/mol. The van der Waals surface area contributed by atoms with Crippen molar-refractivity contribution in [2.45, 2.75) is 24.3 Å². The molecule has 1 atom stereocenters. The molecule has 1 nitrogen and oxygen atoms in total. The van der Waals surface area contributed by atoms with Gasteiger partial charge < -0.3 is 5.11 Å². The molecule has 1 aromatic carbocycles. The number of hydrogen-bond donors (Lipinski definition) is 1. The standard InChI is InChI=1S/C14H15BrOS2/c1-10-2-4-13(5-3-10)18-9-12(16)7-14-6-11(15)8-17-14/h2-6,8,12,16H,7,9H2,1H3. The van der Waals surface area contributed by atoms with E-state index in [-0.39, 0.29) is 6.10 Å². The molecule has 1 N–H and O–H groups in total. The van der Waals surface area contributed by atoms with Crippen LogP contribution in [0.3, 0.4) is 0 Å². The van der Waals surface area contributed by atoms with Crippen LogP contribution in [0.25, 0.3) is 0 Å². The molecule has 96 valence electrons. The number of halogens is 1. The topological polar surface area (TPSA) is 20.2 Å². The van der Waals surface area contributed by atoms with E-state index >= 15 is 0 Å². The lowest BCUT2D eigenvalue weighted by molar-refractivity contribution is 0.201. The first-order chi connectivity index (χ1) is 8.63. The van der Waals surface area contributed by atoms with Crippen LogP contribution < -0.4 is 0 Å². The van der Waals surface area contributed by atoms with Crippen molar-refractivity contribution in [1.29, 1.82) is 0 Å². The van der Waals surface area contributed by atoms with Gasteiger partial charge in [0.1, 0.15) is 0 Å². The van der Waals surface area contributed by atoms with Crippen molar-refractivity contribution in [2.75, 3.05) is 5.75 Å². The summed E-state index contributed by atoms with van der Waals surface area (Å²) >= 11 is 6.82. The molecule has 4 heteroatoms. The van der Waals surface area contributed by atoms with Gasteiger partial charge >= 0.3 is 0 Å². The number of thioether (sulfide) groups is 1. The Bertz CT molecular complexity index is 493. The smallest absolute Gasteiger partial charge is 0.0682 e. The molecule has 0 fully saturated rings. The molecule has 0 aliphatic rings. The van der Waals surface area contributed by atoms with E-state index in [0.717, 1.165) is 16.6 Å². The molecular formula is C14H15BrOS2. The molecule has 0 aliphatic heterocycles. The Kier molecular flexibility index (Phi) is 5.30. The van der Waals surface area contributed by atoms with Gasteiger partial charge in [-0.2, -0.15) is 0 Å². The van der Waals surface area contributed by atoms with E-state index in [2.05, 4.69) is 58.6 Å². The second-order valence-electron chi connectivity index (χ2n) is 4.21. The minimum absolute atomic E-state index is 0.290. The van der Waals surface area contributed by atoms with Crippen LogP contribution in [0.15, 0.2) is 45.1 Å². The highest BCUT2D eigenvalue weighted by Gasteiger charge is 2.08. The third kappa shape index (κ3) is 4.43. The molecule has 0 spiro atoms. The van der Waals surface area contributed by atoms with E-state index in [1.165, 1.54) is 15.3 Å². The second kappa shape index (κ2) is 6.75. The first-order valence-electron chi connectivity index (χ1n) is 5.74. The quantitative estimate of drug-likeness (QED) is 0.806. The minimum atomic E-state index is -0.290. The van der Waals surface area contributed by atoms with Gasteiger partial charge in [-0.15, -0.1) is 23.1 Å². The van der Waals surface area contributed by atoms with Gasteiger partial charge in [0, 0.05) is 31.8 Å². The summed E-state index contributed by atoms with van der Waals surface area (Å²) in [7, 11) is 0. The first-order valence-corrected chi connectivity index (χ1v) is 8.40. The average Bonchev–Trinajstić information content (AvgIpc) is 2.74. The largest absolute Gasteiger partial charge is 0.392 e. The van der Waals surface area contributed by atoms with Gasteiger partial charge in [0.25, 0.3) is 0 Å². The van der Waals surface area contributed by atoms with Crippen molar-refractivity contribution in [3.05, 3.63) is 50.6 Å². The zero-order valence-electron chi connectivity index (χ0n) is 10.1. The molecule has 1 aromatic heterocycles. The molecule has 0 bridgehead atoms. The molecule has 0 aliphatic carbocycles. The summed E-state index contributed by atoms with van der Waals surface area (Å²) in [6, 6.07) is 10.5. The van der Waals surface area contributed by atoms with E-state index in [0.29, 0.717) is 0 Å². The second-order valence-corrected chi connectivity index (χ2v) is 7.22. The summed E-state index contributed by atoms with van der Waals surface area (Å²) in [5.41, 5.74) is 1.27.